The maximum atomic E-state index is 12.7. The zero-order valence-corrected chi connectivity index (χ0v) is 14.7. The molecule has 6 nitrogen and oxygen atoms in total. The number of hydrogen-bond acceptors (Lipinski definition) is 4. The molecule has 1 saturated heterocycles. The molecule has 2 rings (SSSR count). The van der Waals surface area contributed by atoms with Crippen molar-refractivity contribution in [3.05, 3.63) is 35.4 Å². The Morgan fingerprint density at radius 3 is 2.33 bits per heavy atom. The highest BCUT2D eigenvalue weighted by Gasteiger charge is 2.27. The molecule has 1 amide bonds. The van der Waals surface area contributed by atoms with Gasteiger partial charge < -0.3 is 10.4 Å². The van der Waals surface area contributed by atoms with Gasteiger partial charge in [-0.15, -0.1) is 0 Å². The summed E-state index contributed by atoms with van der Waals surface area (Å²) in [7, 11) is 3.80. The van der Waals surface area contributed by atoms with Crippen LogP contribution < -0.4 is 5.32 Å². The molecule has 0 saturated carbocycles. The number of carbonyl (C=O) groups excluding carboxylic acids is 1. The summed E-state index contributed by atoms with van der Waals surface area (Å²) in [6.45, 7) is 3.51. The first-order valence-electron chi connectivity index (χ1n) is 8.34. The summed E-state index contributed by atoms with van der Waals surface area (Å²) in [6, 6.07) is 7.81. The molecule has 1 aromatic carbocycles. The van der Waals surface area contributed by atoms with E-state index in [0.29, 0.717) is 13.1 Å². The van der Waals surface area contributed by atoms with E-state index in [-0.39, 0.29) is 24.5 Å². The topological polar surface area (TPSA) is 72.9 Å². The molecule has 132 valence electrons. The second kappa shape index (κ2) is 8.26. The Hall–Kier alpha value is -1.92. The predicted molar refractivity (Wildman–Crippen MR) is 92.8 cm³/mol. The van der Waals surface area contributed by atoms with Crippen LogP contribution in [0.1, 0.15) is 30.0 Å². The zero-order chi connectivity index (χ0) is 17.7. The van der Waals surface area contributed by atoms with Crippen LogP contribution in [0, 0.1) is 6.92 Å². The second-order valence-electron chi connectivity index (χ2n) is 6.73. The Balaban J connectivity index is 1.94. The summed E-state index contributed by atoms with van der Waals surface area (Å²) >= 11 is 0. The molecule has 0 spiro atoms. The monoisotopic (exact) mass is 333 g/mol. The van der Waals surface area contributed by atoms with E-state index < -0.39 is 5.97 Å². The molecule has 0 aliphatic carbocycles. The van der Waals surface area contributed by atoms with Crippen LogP contribution in [0.3, 0.4) is 0 Å². The number of carboxylic acid groups (broad SMARTS) is 1. The molecular formula is C18H27N3O3. The number of aliphatic carboxylic acids is 1. The molecule has 1 aliphatic rings. The smallest absolute Gasteiger partial charge is 0.317 e. The summed E-state index contributed by atoms with van der Waals surface area (Å²) in [5.74, 6) is -0.801. The van der Waals surface area contributed by atoms with Gasteiger partial charge in [-0.05, 0) is 39.4 Å². The number of aryl methyl sites for hydroxylation is 1. The molecular weight excluding hydrogens is 306 g/mol. The van der Waals surface area contributed by atoms with Crippen molar-refractivity contribution < 1.29 is 14.7 Å². The number of hydrogen-bond donors (Lipinski definition) is 2. The van der Waals surface area contributed by atoms with Gasteiger partial charge in [-0.25, -0.2) is 0 Å². The molecule has 1 unspecified atom stereocenters. The number of nitrogens with one attached hydrogen (secondary N) is 1. The third kappa shape index (κ3) is 5.04. The van der Waals surface area contributed by atoms with E-state index in [0.717, 1.165) is 18.4 Å². The van der Waals surface area contributed by atoms with E-state index in [2.05, 4.69) is 5.32 Å². The number of likely N-dealkylation sites (tertiary alicyclic amines) is 1. The van der Waals surface area contributed by atoms with Gasteiger partial charge in [0.2, 0.25) is 5.91 Å². The lowest BCUT2D eigenvalue weighted by molar-refractivity contribution is -0.138. The van der Waals surface area contributed by atoms with Gasteiger partial charge in [-0.3, -0.25) is 19.4 Å². The average Bonchev–Trinajstić information content (AvgIpc) is 2.50. The van der Waals surface area contributed by atoms with Crippen molar-refractivity contribution in [3.63, 3.8) is 0 Å². The van der Waals surface area contributed by atoms with Gasteiger partial charge in [0.15, 0.2) is 0 Å². The number of benzene rings is 1. The molecule has 1 fully saturated rings. The maximum absolute atomic E-state index is 12.7. The van der Waals surface area contributed by atoms with Gasteiger partial charge in [0, 0.05) is 19.1 Å². The first-order chi connectivity index (χ1) is 11.4. The van der Waals surface area contributed by atoms with Crippen LogP contribution >= 0.6 is 0 Å². The zero-order valence-electron chi connectivity index (χ0n) is 14.7. The molecule has 24 heavy (non-hydrogen) atoms. The van der Waals surface area contributed by atoms with Crippen molar-refractivity contribution in [1.29, 1.82) is 0 Å². The highest BCUT2D eigenvalue weighted by atomic mass is 16.4. The minimum absolute atomic E-state index is 0.000498. The van der Waals surface area contributed by atoms with Gasteiger partial charge >= 0.3 is 5.97 Å². The van der Waals surface area contributed by atoms with Gasteiger partial charge in [-0.1, -0.05) is 29.8 Å². The summed E-state index contributed by atoms with van der Waals surface area (Å²) < 4.78 is 0. The third-order valence-electron chi connectivity index (χ3n) is 4.45. The normalized spacial score (nSPS) is 17.7. The molecule has 0 bridgehead atoms. The number of likely N-dealkylation sites (N-methyl/N-ethyl adjacent to an activating group) is 1. The lowest BCUT2D eigenvalue weighted by Gasteiger charge is -2.33. The van der Waals surface area contributed by atoms with Crippen LogP contribution in [0.2, 0.25) is 0 Å². The first kappa shape index (κ1) is 18.4. The van der Waals surface area contributed by atoms with E-state index in [4.69, 9.17) is 5.11 Å². The van der Waals surface area contributed by atoms with Crippen LogP contribution in [-0.4, -0.2) is 66.6 Å². The van der Waals surface area contributed by atoms with E-state index in [9.17, 15) is 9.59 Å². The molecule has 1 aromatic rings. The minimum Gasteiger partial charge on any atom is -0.480 e. The number of nitrogens with zero attached hydrogens (tertiary/aromatic N) is 2. The summed E-state index contributed by atoms with van der Waals surface area (Å²) in [5, 5.41) is 12.0. The van der Waals surface area contributed by atoms with Crippen LogP contribution in [0.5, 0.6) is 0 Å². The molecule has 0 radical (unpaired) electrons. The second-order valence-corrected chi connectivity index (χ2v) is 6.73. The fourth-order valence-electron chi connectivity index (χ4n) is 3.14. The Morgan fingerprint density at radius 1 is 1.25 bits per heavy atom. The lowest BCUT2D eigenvalue weighted by atomic mass is 10.0. The van der Waals surface area contributed by atoms with Crippen LogP contribution in [0.4, 0.5) is 0 Å². The van der Waals surface area contributed by atoms with E-state index in [1.807, 2.05) is 55.1 Å². The number of piperidine rings is 1. The maximum Gasteiger partial charge on any atom is 0.317 e. The summed E-state index contributed by atoms with van der Waals surface area (Å²) in [6.07, 6.45) is 1.57. The van der Waals surface area contributed by atoms with Crippen molar-refractivity contribution in [2.75, 3.05) is 33.7 Å². The van der Waals surface area contributed by atoms with Gasteiger partial charge in [0.1, 0.15) is 6.04 Å². The Labute approximate surface area is 143 Å². The van der Waals surface area contributed by atoms with Crippen molar-refractivity contribution in [3.8, 4) is 0 Å². The average molecular weight is 333 g/mol. The highest BCUT2D eigenvalue weighted by molar-refractivity contribution is 5.83. The number of carbonyl (C=O) groups is 2. The van der Waals surface area contributed by atoms with Crippen LogP contribution in [0.15, 0.2) is 24.3 Å². The SMILES string of the molecule is Cc1ccc(C(C(=O)NC2CCN(CC(=O)O)CC2)N(C)C)cc1. The fourth-order valence-corrected chi connectivity index (χ4v) is 3.14. The number of amides is 1. The largest absolute Gasteiger partial charge is 0.480 e. The molecule has 1 atom stereocenters. The molecule has 0 aromatic heterocycles. The molecule has 1 aliphatic heterocycles. The number of carboxylic acids is 1. The van der Waals surface area contributed by atoms with Crippen LogP contribution in [-0.2, 0) is 9.59 Å². The molecule has 2 N–H and O–H groups in total. The molecule has 1 heterocycles. The standard InChI is InChI=1S/C18H27N3O3/c1-13-4-6-14(7-5-13)17(20(2)3)18(24)19-15-8-10-21(11-9-15)12-16(22)23/h4-7,15,17H,8-12H2,1-3H3,(H,19,24)(H,22,23). The van der Waals surface area contributed by atoms with Crippen molar-refractivity contribution in [1.82, 2.24) is 15.1 Å². The minimum atomic E-state index is -0.801. The lowest BCUT2D eigenvalue weighted by Crippen LogP contribution is -2.48. The van der Waals surface area contributed by atoms with E-state index in [1.165, 1.54) is 5.56 Å². The van der Waals surface area contributed by atoms with Crippen molar-refractivity contribution >= 4 is 11.9 Å². The molecule has 6 heteroatoms. The highest BCUT2D eigenvalue weighted by Crippen LogP contribution is 2.20. The predicted octanol–water partition coefficient (Wildman–Crippen LogP) is 1.26. The third-order valence-corrected chi connectivity index (χ3v) is 4.45. The van der Waals surface area contributed by atoms with E-state index in [1.54, 1.807) is 0 Å². The Morgan fingerprint density at radius 2 is 1.83 bits per heavy atom. The summed E-state index contributed by atoms with van der Waals surface area (Å²) in [4.78, 5) is 27.3. The Bertz CT molecular complexity index is 563. The summed E-state index contributed by atoms with van der Waals surface area (Å²) in [5.41, 5.74) is 2.15. The Kier molecular flexibility index (Phi) is 6.34. The van der Waals surface area contributed by atoms with Gasteiger partial charge in [0.25, 0.3) is 0 Å². The fraction of sp³-hybridized carbons (Fsp3) is 0.556. The van der Waals surface area contributed by atoms with Gasteiger partial charge in [-0.2, -0.15) is 0 Å². The van der Waals surface area contributed by atoms with Crippen molar-refractivity contribution in [2.45, 2.75) is 31.8 Å². The number of rotatable bonds is 6. The first-order valence-corrected chi connectivity index (χ1v) is 8.34. The van der Waals surface area contributed by atoms with Crippen molar-refractivity contribution in [2.24, 2.45) is 0 Å². The van der Waals surface area contributed by atoms with Crippen LogP contribution in [0.25, 0.3) is 0 Å². The van der Waals surface area contributed by atoms with E-state index >= 15 is 0 Å². The van der Waals surface area contributed by atoms with Gasteiger partial charge in [0.05, 0.1) is 6.54 Å². The quantitative estimate of drug-likeness (QED) is 0.820.